The van der Waals surface area contributed by atoms with Crippen molar-refractivity contribution < 1.29 is 24.5 Å². The van der Waals surface area contributed by atoms with Crippen molar-refractivity contribution >= 4 is 63.2 Å². The molecule has 1 saturated heterocycles. The fourth-order valence-electron chi connectivity index (χ4n) is 2.78. The summed E-state index contributed by atoms with van der Waals surface area (Å²) in [4.78, 5) is 30.6. The summed E-state index contributed by atoms with van der Waals surface area (Å²) in [5.41, 5.74) is 1.32. The first-order valence-corrected chi connectivity index (χ1v) is 11.0. The Morgan fingerprint density at radius 3 is 2.73 bits per heavy atom. The lowest BCUT2D eigenvalue weighted by Crippen LogP contribution is -2.28. The molecule has 0 unspecified atom stereocenters. The number of hydrogen-bond donors (Lipinski definition) is 2. The standard InChI is InChI=1S/C21H19IN2O5S/c1-3-24-19(26)17(10-12-8-15(22)18(25)16(9-12)29-4-2)30-21(24)23-14-7-5-6-13(11-14)20(27)28/h5-11,25H,3-4H2,1-2H3,(H,27,28). The maximum Gasteiger partial charge on any atom is 0.335 e. The first-order valence-electron chi connectivity index (χ1n) is 9.12. The van der Waals surface area contributed by atoms with Gasteiger partial charge in [-0.1, -0.05) is 6.07 Å². The number of aliphatic imine (C=N–C) groups is 1. The number of amides is 1. The molecule has 1 fully saturated rings. The summed E-state index contributed by atoms with van der Waals surface area (Å²) < 4.78 is 6.08. The van der Waals surface area contributed by atoms with E-state index in [0.29, 0.717) is 38.2 Å². The maximum absolute atomic E-state index is 12.9. The second-order valence-electron chi connectivity index (χ2n) is 6.19. The number of nitrogens with zero attached hydrogens (tertiary/aromatic N) is 2. The van der Waals surface area contributed by atoms with Gasteiger partial charge in [0.15, 0.2) is 16.7 Å². The number of ether oxygens (including phenoxy) is 1. The molecular weight excluding hydrogens is 519 g/mol. The number of benzene rings is 2. The van der Waals surface area contributed by atoms with E-state index in [9.17, 15) is 14.7 Å². The van der Waals surface area contributed by atoms with Gasteiger partial charge in [-0.15, -0.1) is 0 Å². The van der Waals surface area contributed by atoms with Crippen LogP contribution in [0, 0.1) is 3.57 Å². The van der Waals surface area contributed by atoms with E-state index in [4.69, 9.17) is 9.84 Å². The minimum atomic E-state index is -1.04. The zero-order valence-corrected chi connectivity index (χ0v) is 19.2. The third kappa shape index (κ3) is 4.78. The topological polar surface area (TPSA) is 99.4 Å². The number of carboxylic acids is 1. The second kappa shape index (κ2) is 9.52. The Morgan fingerprint density at radius 1 is 1.30 bits per heavy atom. The summed E-state index contributed by atoms with van der Waals surface area (Å²) in [6.45, 7) is 4.52. The van der Waals surface area contributed by atoms with Crippen molar-refractivity contribution in [2.45, 2.75) is 13.8 Å². The summed E-state index contributed by atoms with van der Waals surface area (Å²) in [7, 11) is 0. The monoisotopic (exact) mass is 538 g/mol. The van der Waals surface area contributed by atoms with Crippen molar-refractivity contribution in [3.05, 3.63) is 56.0 Å². The minimum absolute atomic E-state index is 0.0701. The Kier molecular flexibility index (Phi) is 7.03. The number of thioether (sulfide) groups is 1. The molecule has 0 radical (unpaired) electrons. The maximum atomic E-state index is 12.9. The van der Waals surface area contributed by atoms with Crippen LogP contribution >= 0.6 is 34.4 Å². The predicted molar refractivity (Wildman–Crippen MR) is 125 cm³/mol. The van der Waals surface area contributed by atoms with Gasteiger partial charge in [-0.2, -0.15) is 0 Å². The van der Waals surface area contributed by atoms with Crippen LogP contribution < -0.4 is 4.74 Å². The van der Waals surface area contributed by atoms with Gasteiger partial charge in [-0.05, 0) is 90.2 Å². The van der Waals surface area contributed by atoms with Crippen LogP contribution in [0.5, 0.6) is 11.5 Å². The highest BCUT2D eigenvalue weighted by molar-refractivity contribution is 14.1. The zero-order chi connectivity index (χ0) is 21.8. The third-order valence-electron chi connectivity index (χ3n) is 4.17. The fraction of sp³-hybridized carbons (Fsp3) is 0.190. The predicted octanol–water partition coefficient (Wildman–Crippen LogP) is 4.72. The Labute approximate surface area is 191 Å². The summed E-state index contributed by atoms with van der Waals surface area (Å²) in [6, 6.07) is 9.71. The second-order valence-corrected chi connectivity index (χ2v) is 8.36. The average Bonchev–Trinajstić information content (AvgIpc) is 3.00. The molecule has 0 aliphatic carbocycles. The van der Waals surface area contributed by atoms with E-state index in [2.05, 4.69) is 4.99 Å². The van der Waals surface area contributed by atoms with Gasteiger partial charge in [-0.25, -0.2) is 9.79 Å². The fourth-order valence-corrected chi connectivity index (χ4v) is 4.47. The van der Waals surface area contributed by atoms with E-state index in [1.165, 1.54) is 23.9 Å². The van der Waals surface area contributed by atoms with Crippen molar-refractivity contribution in [3.63, 3.8) is 0 Å². The number of aromatic hydroxyl groups is 1. The molecule has 1 aliphatic heterocycles. The molecule has 0 aromatic heterocycles. The van der Waals surface area contributed by atoms with Crippen molar-refractivity contribution in [3.8, 4) is 11.5 Å². The minimum Gasteiger partial charge on any atom is -0.504 e. The number of hydrogen-bond acceptors (Lipinski definition) is 6. The van der Waals surface area contributed by atoms with Crippen molar-refractivity contribution in [1.29, 1.82) is 0 Å². The van der Waals surface area contributed by atoms with Gasteiger partial charge in [0.05, 0.1) is 26.3 Å². The molecule has 1 aliphatic rings. The van der Waals surface area contributed by atoms with Crippen molar-refractivity contribution in [2.24, 2.45) is 4.99 Å². The lowest BCUT2D eigenvalue weighted by molar-refractivity contribution is -0.122. The number of phenols is 1. The van der Waals surface area contributed by atoms with E-state index in [1.807, 2.05) is 36.4 Å². The van der Waals surface area contributed by atoms with Crippen LogP contribution in [0.25, 0.3) is 6.08 Å². The molecule has 2 aromatic carbocycles. The van der Waals surface area contributed by atoms with Gasteiger partial charge >= 0.3 is 5.97 Å². The van der Waals surface area contributed by atoms with Crippen molar-refractivity contribution in [1.82, 2.24) is 4.90 Å². The lowest BCUT2D eigenvalue weighted by atomic mass is 10.2. The highest BCUT2D eigenvalue weighted by atomic mass is 127. The van der Waals surface area contributed by atoms with E-state index in [-0.39, 0.29) is 17.2 Å². The quantitative estimate of drug-likeness (QED) is 0.408. The van der Waals surface area contributed by atoms with E-state index < -0.39 is 5.97 Å². The molecular formula is C21H19IN2O5S. The number of phenolic OH excluding ortho intramolecular Hbond substituents is 1. The van der Waals surface area contributed by atoms with Crippen LogP contribution in [-0.4, -0.2) is 45.3 Å². The van der Waals surface area contributed by atoms with Gasteiger partial charge in [-0.3, -0.25) is 9.69 Å². The number of aromatic carboxylic acids is 1. The summed E-state index contributed by atoms with van der Waals surface area (Å²) >= 11 is 3.23. The molecule has 156 valence electrons. The third-order valence-corrected chi connectivity index (χ3v) is 6.00. The summed E-state index contributed by atoms with van der Waals surface area (Å²) in [6.07, 6.45) is 1.73. The Bertz CT molecular complexity index is 1070. The van der Waals surface area contributed by atoms with Gasteiger partial charge < -0.3 is 14.9 Å². The number of carboxylic acid groups (broad SMARTS) is 1. The van der Waals surface area contributed by atoms with Crippen LogP contribution in [0.1, 0.15) is 29.8 Å². The highest BCUT2D eigenvalue weighted by Gasteiger charge is 2.32. The SMILES string of the molecule is CCOc1cc(C=C2SC(=Nc3cccc(C(=O)O)c3)N(CC)C2=O)cc(I)c1O. The Morgan fingerprint density at radius 2 is 2.07 bits per heavy atom. The number of halogens is 1. The Balaban J connectivity index is 1.96. The number of rotatable bonds is 6. The van der Waals surface area contributed by atoms with Gasteiger partial charge in [0.2, 0.25) is 0 Å². The summed E-state index contributed by atoms with van der Waals surface area (Å²) in [5.74, 6) is -0.789. The molecule has 2 N–H and O–H groups in total. The van der Waals surface area contributed by atoms with Crippen LogP contribution in [0.4, 0.5) is 5.69 Å². The largest absolute Gasteiger partial charge is 0.504 e. The highest BCUT2D eigenvalue weighted by Crippen LogP contribution is 2.37. The van der Waals surface area contributed by atoms with Crippen LogP contribution in [0.3, 0.4) is 0 Å². The molecule has 9 heteroatoms. The number of carbonyl (C=O) groups is 2. The molecule has 1 heterocycles. The molecule has 0 saturated carbocycles. The number of amidine groups is 1. The van der Waals surface area contributed by atoms with Crippen LogP contribution in [-0.2, 0) is 4.79 Å². The molecule has 0 atom stereocenters. The smallest absolute Gasteiger partial charge is 0.335 e. The number of likely N-dealkylation sites (N-methyl/N-ethyl adjacent to an activating group) is 1. The van der Waals surface area contributed by atoms with Crippen LogP contribution in [0.15, 0.2) is 46.3 Å². The van der Waals surface area contributed by atoms with Gasteiger partial charge in [0.25, 0.3) is 5.91 Å². The summed E-state index contributed by atoms with van der Waals surface area (Å²) in [5, 5.41) is 19.8. The van der Waals surface area contributed by atoms with Gasteiger partial charge in [0, 0.05) is 6.54 Å². The van der Waals surface area contributed by atoms with E-state index in [0.717, 1.165) is 5.56 Å². The normalized spacial score (nSPS) is 16.5. The molecule has 2 aromatic rings. The molecule has 0 bridgehead atoms. The Hall–Kier alpha value is -2.53. The average molecular weight is 538 g/mol. The molecule has 30 heavy (non-hydrogen) atoms. The van der Waals surface area contributed by atoms with Crippen molar-refractivity contribution in [2.75, 3.05) is 13.2 Å². The first-order chi connectivity index (χ1) is 14.3. The zero-order valence-electron chi connectivity index (χ0n) is 16.3. The molecule has 0 spiro atoms. The molecule has 3 rings (SSSR count). The van der Waals surface area contributed by atoms with Gasteiger partial charge in [0.1, 0.15) is 0 Å². The first kappa shape index (κ1) is 22.2. The number of carbonyl (C=O) groups excluding carboxylic acids is 1. The van der Waals surface area contributed by atoms with Crippen LogP contribution in [0.2, 0.25) is 0 Å². The molecule has 1 amide bonds. The van der Waals surface area contributed by atoms with E-state index >= 15 is 0 Å². The molecule has 7 nitrogen and oxygen atoms in total. The lowest BCUT2D eigenvalue weighted by Gasteiger charge is -2.12. The van der Waals surface area contributed by atoms with E-state index in [1.54, 1.807) is 35.2 Å².